The summed E-state index contributed by atoms with van der Waals surface area (Å²) in [5, 5.41) is 1.82. The van der Waals surface area contributed by atoms with Gasteiger partial charge in [0.1, 0.15) is 6.26 Å². The fourth-order valence-corrected chi connectivity index (χ4v) is 2.13. The second-order valence-electron chi connectivity index (χ2n) is 2.48. The minimum Gasteiger partial charge on any atom is -0.472 e. The number of ketones is 1. The molecule has 0 aliphatic rings. The van der Waals surface area contributed by atoms with Crippen molar-refractivity contribution in [2.24, 2.45) is 0 Å². The van der Waals surface area contributed by atoms with Crippen LogP contribution in [0.15, 0.2) is 38.2 Å². The Balaban J connectivity index is 2.33. The highest BCUT2D eigenvalue weighted by molar-refractivity contribution is 9.11. The van der Waals surface area contributed by atoms with Crippen molar-refractivity contribution in [3.8, 4) is 0 Å². The predicted octanol–water partition coefficient (Wildman–Crippen LogP) is 3.33. The van der Waals surface area contributed by atoms with E-state index in [-0.39, 0.29) is 5.78 Å². The summed E-state index contributed by atoms with van der Waals surface area (Å²) in [6, 6.07) is 3.47. The molecule has 0 atom stereocenters. The van der Waals surface area contributed by atoms with Crippen LogP contribution in [-0.2, 0) is 0 Å². The van der Waals surface area contributed by atoms with E-state index in [0.29, 0.717) is 11.1 Å². The van der Waals surface area contributed by atoms with E-state index in [9.17, 15) is 4.79 Å². The molecule has 4 heteroatoms. The predicted molar refractivity (Wildman–Crippen MR) is 54.2 cm³/mol. The molecular weight excluding hydrogens is 252 g/mol. The van der Waals surface area contributed by atoms with Crippen LogP contribution in [0.2, 0.25) is 0 Å². The molecule has 0 saturated heterocycles. The normalized spacial score (nSPS) is 10.2. The lowest BCUT2D eigenvalue weighted by atomic mass is 10.1. The van der Waals surface area contributed by atoms with E-state index in [2.05, 4.69) is 15.9 Å². The number of halogens is 1. The van der Waals surface area contributed by atoms with Gasteiger partial charge in [-0.25, -0.2) is 0 Å². The summed E-state index contributed by atoms with van der Waals surface area (Å²) in [6.45, 7) is 0. The summed E-state index contributed by atoms with van der Waals surface area (Å²) >= 11 is 4.80. The third-order valence-electron chi connectivity index (χ3n) is 1.61. The molecule has 0 radical (unpaired) electrons. The Hall–Kier alpha value is -0.870. The minimum absolute atomic E-state index is 0.00398. The molecule has 0 aromatic carbocycles. The molecule has 0 spiro atoms. The molecule has 2 heterocycles. The molecule has 2 rings (SSSR count). The zero-order valence-corrected chi connectivity index (χ0v) is 8.89. The molecule has 66 valence electrons. The lowest BCUT2D eigenvalue weighted by Gasteiger charge is -1.89. The highest BCUT2D eigenvalue weighted by atomic mass is 79.9. The first-order chi connectivity index (χ1) is 6.27. The summed E-state index contributed by atoms with van der Waals surface area (Å²) in [4.78, 5) is 11.6. The fraction of sp³-hybridized carbons (Fsp3) is 0. The molecule has 0 N–H and O–H groups in total. The maximum Gasteiger partial charge on any atom is 0.197 e. The van der Waals surface area contributed by atoms with Crippen LogP contribution in [0.3, 0.4) is 0 Å². The van der Waals surface area contributed by atoms with Crippen LogP contribution in [0.25, 0.3) is 0 Å². The standard InChI is InChI=1S/C9H5BrO2S/c10-8-3-7(5-13-8)9(11)6-1-2-12-4-6/h1-5H. The monoisotopic (exact) mass is 256 g/mol. The van der Waals surface area contributed by atoms with Crippen LogP contribution < -0.4 is 0 Å². The summed E-state index contributed by atoms with van der Waals surface area (Å²) < 4.78 is 5.79. The average molecular weight is 257 g/mol. The molecule has 0 bridgehead atoms. The molecular formula is C9H5BrO2S. The lowest BCUT2D eigenvalue weighted by molar-refractivity contribution is 0.103. The molecule has 13 heavy (non-hydrogen) atoms. The van der Waals surface area contributed by atoms with E-state index in [1.807, 2.05) is 5.38 Å². The van der Waals surface area contributed by atoms with Gasteiger partial charge in [-0.3, -0.25) is 4.79 Å². The highest BCUT2D eigenvalue weighted by Gasteiger charge is 2.11. The summed E-state index contributed by atoms with van der Waals surface area (Å²) in [5.74, 6) is -0.00398. The highest BCUT2D eigenvalue weighted by Crippen LogP contribution is 2.22. The van der Waals surface area contributed by atoms with Crippen LogP contribution in [0.1, 0.15) is 15.9 Å². The summed E-state index contributed by atoms with van der Waals surface area (Å²) in [5.41, 5.74) is 1.28. The van der Waals surface area contributed by atoms with E-state index in [0.717, 1.165) is 3.79 Å². The quantitative estimate of drug-likeness (QED) is 0.772. The van der Waals surface area contributed by atoms with Gasteiger partial charge in [0.15, 0.2) is 5.78 Å². The van der Waals surface area contributed by atoms with Gasteiger partial charge >= 0.3 is 0 Å². The van der Waals surface area contributed by atoms with Crippen molar-refractivity contribution in [2.75, 3.05) is 0 Å². The number of hydrogen-bond acceptors (Lipinski definition) is 3. The zero-order chi connectivity index (χ0) is 9.26. The van der Waals surface area contributed by atoms with Gasteiger partial charge in [0, 0.05) is 10.9 Å². The van der Waals surface area contributed by atoms with Crippen molar-refractivity contribution in [3.63, 3.8) is 0 Å². The number of carbonyl (C=O) groups excluding carboxylic acids is 1. The Morgan fingerprint density at radius 3 is 2.85 bits per heavy atom. The van der Waals surface area contributed by atoms with Crippen LogP contribution in [0.4, 0.5) is 0 Å². The molecule has 2 aromatic rings. The Morgan fingerprint density at radius 2 is 2.31 bits per heavy atom. The molecule has 2 nitrogen and oxygen atoms in total. The van der Waals surface area contributed by atoms with Gasteiger partial charge in [0.05, 0.1) is 15.6 Å². The second-order valence-corrected chi connectivity index (χ2v) is 4.77. The Kier molecular flexibility index (Phi) is 2.33. The van der Waals surface area contributed by atoms with E-state index < -0.39 is 0 Å². The van der Waals surface area contributed by atoms with Crippen LogP contribution in [0.5, 0.6) is 0 Å². The minimum atomic E-state index is -0.00398. The SMILES string of the molecule is O=C(c1ccoc1)c1csc(Br)c1. The van der Waals surface area contributed by atoms with Gasteiger partial charge in [-0.1, -0.05) is 0 Å². The fourth-order valence-electron chi connectivity index (χ4n) is 0.989. The van der Waals surface area contributed by atoms with Gasteiger partial charge in [0.25, 0.3) is 0 Å². The maximum absolute atomic E-state index is 11.6. The van der Waals surface area contributed by atoms with Crippen molar-refractivity contribution < 1.29 is 9.21 Å². The number of thiophene rings is 1. The van der Waals surface area contributed by atoms with E-state index in [1.165, 1.54) is 23.9 Å². The maximum atomic E-state index is 11.6. The number of carbonyl (C=O) groups is 1. The average Bonchev–Trinajstić information content (AvgIpc) is 2.72. The second kappa shape index (κ2) is 3.47. The molecule has 0 unspecified atom stereocenters. The van der Waals surface area contributed by atoms with Crippen LogP contribution in [0, 0.1) is 0 Å². The van der Waals surface area contributed by atoms with Gasteiger partial charge in [-0.15, -0.1) is 11.3 Å². The van der Waals surface area contributed by atoms with E-state index in [1.54, 1.807) is 12.1 Å². The van der Waals surface area contributed by atoms with E-state index >= 15 is 0 Å². The van der Waals surface area contributed by atoms with Crippen molar-refractivity contribution in [1.29, 1.82) is 0 Å². The van der Waals surface area contributed by atoms with Crippen molar-refractivity contribution in [3.05, 3.63) is 45.0 Å². The third-order valence-corrected chi connectivity index (χ3v) is 3.12. The number of rotatable bonds is 2. The van der Waals surface area contributed by atoms with Crippen LogP contribution in [-0.4, -0.2) is 5.78 Å². The molecule has 0 aliphatic heterocycles. The summed E-state index contributed by atoms with van der Waals surface area (Å²) in [6.07, 6.45) is 2.95. The smallest absolute Gasteiger partial charge is 0.197 e. The Morgan fingerprint density at radius 1 is 1.46 bits per heavy atom. The topological polar surface area (TPSA) is 30.2 Å². The molecule has 2 aromatic heterocycles. The molecule has 0 saturated carbocycles. The van der Waals surface area contributed by atoms with E-state index in [4.69, 9.17) is 4.42 Å². The van der Waals surface area contributed by atoms with Gasteiger partial charge in [-0.05, 0) is 28.1 Å². The first kappa shape index (κ1) is 8.72. The first-order valence-corrected chi connectivity index (χ1v) is 5.25. The first-order valence-electron chi connectivity index (χ1n) is 3.58. The van der Waals surface area contributed by atoms with Gasteiger partial charge in [-0.2, -0.15) is 0 Å². The van der Waals surface area contributed by atoms with Gasteiger partial charge in [0.2, 0.25) is 0 Å². The molecule has 0 amide bonds. The third kappa shape index (κ3) is 1.73. The summed E-state index contributed by atoms with van der Waals surface area (Å²) in [7, 11) is 0. The van der Waals surface area contributed by atoms with Crippen LogP contribution >= 0.6 is 27.3 Å². The number of furan rings is 1. The molecule has 0 fully saturated rings. The lowest BCUT2D eigenvalue weighted by Crippen LogP contribution is -1.96. The van der Waals surface area contributed by atoms with Crippen molar-refractivity contribution >= 4 is 33.0 Å². The largest absolute Gasteiger partial charge is 0.472 e. The van der Waals surface area contributed by atoms with Crippen molar-refractivity contribution in [1.82, 2.24) is 0 Å². The van der Waals surface area contributed by atoms with Crippen molar-refractivity contribution in [2.45, 2.75) is 0 Å². The Bertz CT molecular complexity index is 417. The van der Waals surface area contributed by atoms with Gasteiger partial charge < -0.3 is 4.42 Å². The zero-order valence-electron chi connectivity index (χ0n) is 6.49. The number of hydrogen-bond donors (Lipinski definition) is 0. The molecule has 0 aliphatic carbocycles. The Labute approximate surface area is 87.3 Å².